The van der Waals surface area contributed by atoms with Crippen molar-refractivity contribution in [3.63, 3.8) is 0 Å². The van der Waals surface area contributed by atoms with Crippen LogP contribution < -0.4 is 10.1 Å². The summed E-state index contributed by atoms with van der Waals surface area (Å²) in [6.45, 7) is 5.62. The van der Waals surface area contributed by atoms with Crippen molar-refractivity contribution < 1.29 is 9.53 Å². The summed E-state index contributed by atoms with van der Waals surface area (Å²) in [5.74, 6) is 2.46. The third kappa shape index (κ3) is 3.75. The first-order valence-corrected chi connectivity index (χ1v) is 13.2. The van der Waals surface area contributed by atoms with Gasteiger partial charge in [-0.25, -0.2) is 4.68 Å². The predicted octanol–water partition coefficient (Wildman–Crippen LogP) is 7.19. The number of nitrogens with one attached hydrogen (secondary N) is 1. The van der Waals surface area contributed by atoms with E-state index in [4.69, 9.17) is 44.6 Å². The van der Waals surface area contributed by atoms with Crippen LogP contribution in [0.2, 0.25) is 15.1 Å². The Labute approximate surface area is 219 Å². The first kappa shape index (κ1) is 23.2. The second-order valence-electron chi connectivity index (χ2n) is 10.5. The van der Waals surface area contributed by atoms with Gasteiger partial charge in [-0.3, -0.25) is 4.79 Å². The maximum Gasteiger partial charge on any atom is 0.272 e. The van der Waals surface area contributed by atoms with Crippen molar-refractivity contribution in [3.05, 3.63) is 62.7 Å². The number of hydrogen-bond acceptors (Lipinski definition) is 3. The van der Waals surface area contributed by atoms with Crippen molar-refractivity contribution in [1.82, 2.24) is 15.1 Å². The lowest BCUT2D eigenvalue weighted by molar-refractivity contribution is -0.103. The van der Waals surface area contributed by atoms with Gasteiger partial charge in [-0.05, 0) is 78.8 Å². The minimum atomic E-state index is -0.189. The van der Waals surface area contributed by atoms with Crippen LogP contribution in [0.4, 0.5) is 0 Å². The molecule has 2 bridgehead atoms. The smallest absolute Gasteiger partial charge is 0.272 e. The molecular weight excluding hydrogens is 505 g/mol. The molecule has 0 saturated heterocycles. The van der Waals surface area contributed by atoms with Crippen molar-refractivity contribution in [1.29, 1.82) is 0 Å². The normalized spacial score (nSPS) is 23.5. The molecule has 3 unspecified atom stereocenters. The monoisotopic (exact) mass is 529 g/mol. The maximum absolute atomic E-state index is 13.5. The second-order valence-corrected chi connectivity index (χ2v) is 11.8. The number of benzene rings is 2. The number of carbonyl (C=O) groups is 1. The topological polar surface area (TPSA) is 56.2 Å². The summed E-state index contributed by atoms with van der Waals surface area (Å²) in [5, 5.41) is 9.50. The summed E-state index contributed by atoms with van der Waals surface area (Å²) in [6, 6.07) is 10.7. The molecule has 3 fully saturated rings. The van der Waals surface area contributed by atoms with Gasteiger partial charge in [-0.2, -0.15) is 5.10 Å². The van der Waals surface area contributed by atoms with Gasteiger partial charge in [0.25, 0.3) is 5.91 Å². The Hall–Kier alpha value is -2.21. The fourth-order valence-electron chi connectivity index (χ4n) is 6.35. The Kier molecular flexibility index (Phi) is 5.59. The van der Waals surface area contributed by atoms with Crippen LogP contribution in [-0.4, -0.2) is 22.2 Å². The molecule has 1 N–H and O–H groups in total. The van der Waals surface area contributed by atoms with Gasteiger partial charge in [-0.1, -0.05) is 48.7 Å². The molecule has 8 heteroatoms. The molecule has 35 heavy (non-hydrogen) atoms. The van der Waals surface area contributed by atoms with E-state index in [9.17, 15) is 4.79 Å². The molecule has 7 rings (SSSR count). The van der Waals surface area contributed by atoms with E-state index < -0.39 is 0 Å². The summed E-state index contributed by atoms with van der Waals surface area (Å²) in [6.07, 6.45) is 3.69. The molecule has 3 aliphatic carbocycles. The average Bonchev–Trinajstić information content (AvgIpc) is 3.22. The Bertz CT molecular complexity index is 1350. The van der Waals surface area contributed by atoms with Crippen molar-refractivity contribution in [2.75, 3.05) is 6.54 Å². The lowest BCUT2D eigenvalue weighted by Crippen LogP contribution is -2.54. The lowest BCUT2D eigenvalue weighted by atomic mass is 9.45. The van der Waals surface area contributed by atoms with Crippen molar-refractivity contribution in [3.8, 4) is 22.7 Å². The van der Waals surface area contributed by atoms with Crippen LogP contribution >= 0.6 is 34.8 Å². The molecule has 3 atom stereocenters. The molecule has 3 saturated carbocycles. The summed E-state index contributed by atoms with van der Waals surface area (Å²) in [4.78, 5) is 13.5. The van der Waals surface area contributed by atoms with Crippen LogP contribution in [0.5, 0.6) is 5.75 Å². The number of fused-ring (bicyclic) bond motifs is 5. The summed E-state index contributed by atoms with van der Waals surface area (Å²) < 4.78 is 7.71. The van der Waals surface area contributed by atoms with Crippen LogP contribution in [0.3, 0.4) is 0 Å². The number of nitrogens with zero attached hydrogens (tertiary/aromatic N) is 2. The van der Waals surface area contributed by atoms with Gasteiger partial charge < -0.3 is 10.1 Å². The SMILES string of the molecule is CC1(C)C2CCC(CNC(=O)c3nn(-c4ccc(Cl)cc4Cl)c4c3COc3cc(Cl)ccc3-4)C1C2. The third-order valence-electron chi connectivity index (χ3n) is 8.43. The number of carbonyl (C=O) groups excluding carboxylic acids is 1. The average molecular weight is 531 g/mol. The van der Waals surface area contributed by atoms with Crippen molar-refractivity contribution in [2.24, 2.45) is 23.2 Å². The highest BCUT2D eigenvalue weighted by molar-refractivity contribution is 6.35. The number of rotatable bonds is 4. The van der Waals surface area contributed by atoms with E-state index in [2.05, 4.69) is 19.2 Å². The van der Waals surface area contributed by atoms with Gasteiger partial charge in [0.2, 0.25) is 0 Å². The molecule has 0 radical (unpaired) electrons. The van der Waals surface area contributed by atoms with Gasteiger partial charge in [0.15, 0.2) is 5.69 Å². The van der Waals surface area contributed by atoms with E-state index in [0.717, 1.165) is 22.7 Å². The fourth-order valence-corrected chi connectivity index (χ4v) is 7.00. The minimum absolute atomic E-state index is 0.189. The molecule has 2 heterocycles. The van der Waals surface area contributed by atoms with Gasteiger partial charge in [-0.15, -0.1) is 0 Å². The highest BCUT2D eigenvalue weighted by atomic mass is 35.5. The van der Waals surface area contributed by atoms with Gasteiger partial charge >= 0.3 is 0 Å². The van der Waals surface area contributed by atoms with Gasteiger partial charge in [0.1, 0.15) is 12.4 Å². The zero-order valence-electron chi connectivity index (χ0n) is 19.6. The Balaban J connectivity index is 1.37. The highest BCUT2D eigenvalue weighted by Gasteiger charge is 2.54. The first-order chi connectivity index (χ1) is 16.7. The molecule has 2 aromatic carbocycles. The van der Waals surface area contributed by atoms with Crippen LogP contribution in [0.15, 0.2) is 36.4 Å². The predicted molar refractivity (Wildman–Crippen MR) is 139 cm³/mol. The van der Waals surface area contributed by atoms with Crippen LogP contribution in [-0.2, 0) is 6.61 Å². The molecule has 5 nitrogen and oxygen atoms in total. The fraction of sp³-hybridized carbons (Fsp3) is 0.407. The molecule has 1 amide bonds. The van der Waals surface area contributed by atoms with E-state index in [1.165, 1.54) is 19.3 Å². The largest absolute Gasteiger partial charge is 0.488 e. The lowest BCUT2D eigenvalue weighted by Gasteiger charge is -2.60. The number of ether oxygens (including phenoxy) is 1. The molecule has 1 aliphatic heterocycles. The van der Waals surface area contributed by atoms with Crippen LogP contribution in [0, 0.1) is 23.2 Å². The Morgan fingerprint density at radius 3 is 2.66 bits per heavy atom. The summed E-state index contributed by atoms with van der Waals surface area (Å²) in [5.41, 5.74) is 3.69. The number of aromatic nitrogens is 2. The quantitative estimate of drug-likeness (QED) is 0.388. The summed E-state index contributed by atoms with van der Waals surface area (Å²) in [7, 11) is 0. The highest BCUT2D eigenvalue weighted by Crippen LogP contribution is 2.61. The number of amides is 1. The molecule has 1 aromatic heterocycles. The Morgan fingerprint density at radius 1 is 1.14 bits per heavy atom. The van der Waals surface area contributed by atoms with Crippen molar-refractivity contribution >= 4 is 40.7 Å². The van der Waals surface area contributed by atoms with E-state index in [-0.39, 0.29) is 12.5 Å². The standard InChI is InChI=1S/C27H26Cl3N3O2/c1-27(2)15-4-3-14(20(27)9-15)12-31-26(34)24-19-13-35-23-11-17(29)5-7-18(23)25(19)33(32-24)22-8-6-16(28)10-21(22)30/h5-8,10-11,14-15,20H,3-4,9,12-13H2,1-2H3,(H,31,34). The summed E-state index contributed by atoms with van der Waals surface area (Å²) >= 11 is 18.9. The molecule has 4 aliphatic rings. The van der Waals surface area contributed by atoms with E-state index >= 15 is 0 Å². The Morgan fingerprint density at radius 2 is 1.91 bits per heavy atom. The van der Waals surface area contributed by atoms with Gasteiger partial charge in [0, 0.05) is 27.7 Å². The van der Waals surface area contributed by atoms with Crippen molar-refractivity contribution in [2.45, 2.75) is 39.7 Å². The number of hydrogen-bond donors (Lipinski definition) is 1. The zero-order chi connectivity index (χ0) is 24.5. The van der Waals surface area contributed by atoms with Gasteiger partial charge in [0.05, 0.1) is 16.4 Å². The third-order valence-corrected chi connectivity index (χ3v) is 9.21. The minimum Gasteiger partial charge on any atom is -0.488 e. The first-order valence-electron chi connectivity index (χ1n) is 12.0. The zero-order valence-corrected chi connectivity index (χ0v) is 21.8. The molecular formula is C27H26Cl3N3O2. The number of halogens is 3. The maximum atomic E-state index is 13.5. The molecule has 0 spiro atoms. The van der Waals surface area contributed by atoms with Crippen LogP contribution in [0.1, 0.15) is 49.2 Å². The van der Waals surface area contributed by atoms with E-state index in [1.54, 1.807) is 28.9 Å². The van der Waals surface area contributed by atoms with Crippen LogP contribution in [0.25, 0.3) is 16.9 Å². The molecule has 3 aromatic rings. The van der Waals surface area contributed by atoms with E-state index in [1.807, 2.05) is 12.1 Å². The van der Waals surface area contributed by atoms with E-state index in [0.29, 0.717) is 56.0 Å². The second kappa shape index (κ2) is 8.43. The molecule has 182 valence electrons.